The smallest absolute Gasteiger partial charge is 0.316 e. The molecule has 30 heavy (non-hydrogen) atoms. The molecule has 0 radical (unpaired) electrons. The van der Waals surface area contributed by atoms with E-state index in [1.807, 2.05) is 18.2 Å². The first-order valence-corrected chi connectivity index (χ1v) is 9.58. The van der Waals surface area contributed by atoms with Gasteiger partial charge in [-0.2, -0.15) is 10.1 Å². The molecule has 0 aliphatic rings. The van der Waals surface area contributed by atoms with Crippen LogP contribution in [0.4, 0.5) is 4.39 Å². The fraction of sp³-hybridized carbons (Fsp3) is 0.182. The fourth-order valence-electron chi connectivity index (χ4n) is 3.05. The van der Waals surface area contributed by atoms with Crippen LogP contribution in [0.5, 0.6) is 0 Å². The van der Waals surface area contributed by atoms with E-state index >= 15 is 0 Å². The van der Waals surface area contributed by atoms with Crippen molar-refractivity contribution in [2.75, 3.05) is 6.54 Å². The van der Waals surface area contributed by atoms with Crippen molar-refractivity contribution in [3.05, 3.63) is 83.8 Å². The standard InChI is InChI=1S/C22H20FN5O2/c1-15-19(14-28(26-15)18-11-9-17(23)10-12-18)20-25-22(30-27-20)21(29)24-13-5-8-16-6-3-2-4-7-16/h2-4,6-7,9-12,14H,5,8,13H2,1H3,(H,24,29). The molecule has 4 aromatic rings. The number of nitrogens with zero attached hydrogens (tertiary/aromatic N) is 4. The molecule has 0 bridgehead atoms. The van der Waals surface area contributed by atoms with Crippen molar-refractivity contribution in [3.8, 4) is 17.1 Å². The summed E-state index contributed by atoms with van der Waals surface area (Å²) in [7, 11) is 0. The molecular weight excluding hydrogens is 385 g/mol. The number of rotatable bonds is 7. The second-order valence-corrected chi connectivity index (χ2v) is 6.82. The molecule has 2 aromatic carbocycles. The summed E-state index contributed by atoms with van der Waals surface area (Å²) in [5, 5.41) is 11.1. The molecule has 2 heterocycles. The molecule has 1 amide bonds. The number of aromatic nitrogens is 4. The first kappa shape index (κ1) is 19.5. The van der Waals surface area contributed by atoms with Gasteiger partial charge in [0.05, 0.1) is 16.9 Å². The van der Waals surface area contributed by atoms with Crippen LogP contribution in [0.3, 0.4) is 0 Å². The lowest BCUT2D eigenvalue weighted by atomic mass is 10.1. The molecule has 2 aromatic heterocycles. The fourth-order valence-corrected chi connectivity index (χ4v) is 3.05. The first-order valence-electron chi connectivity index (χ1n) is 9.58. The third kappa shape index (κ3) is 4.43. The molecule has 0 aliphatic heterocycles. The average molecular weight is 405 g/mol. The summed E-state index contributed by atoms with van der Waals surface area (Å²) in [6.07, 6.45) is 3.40. The van der Waals surface area contributed by atoms with Crippen molar-refractivity contribution in [2.24, 2.45) is 0 Å². The zero-order valence-electron chi connectivity index (χ0n) is 16.4. The van der Waals surface area contributed by atoms with E-state index in [2.05, 4.69) is 32.7 Å². The van der Waals surface area contributed by atoms with E-state index in [9.17, 15) is 9.18 Å². The number of amides is 1. The molecule has 1 N–H and O–H groups in total. The van der Waals surface area contributed by atoms with E-state index in [0.717, 1.165) is 12.8 Å². The SMILES string of the molecule is Cc1nn(-c2ccc(F)cc2)cc1-c1noc(C(=O)NCCCc2ccccc2)n1. The number of hydrogen-bond donors (Lipinski definition) is 1. The maximum Gasteiger partial charge on any atom is 0.316 e. The molecular formula is C22H20FN5O2. The highest BCUT2D eigenvalue weighted by atomic mass is 19.1. The van der Waals surface area contributed by atoms with Gasteiger partial charge in [0.1, 0.15) is 5.82 Å². The van der Waals surface area contributed by atoms with Crippen molar-refractivity contribution in [2.45, 2.75) is 19.8 Å². The van der Waals surface area contributed by atoms with Crippen LogP contribution in [0.2, 0.25) is 0 Å². The lowest BCUT2D eigenvalue weighted by Gasteiger charge is -2.02. The first-order chi connectivity index (χ1) is 14.6. The number of hydrogen-bond acceptors (Lipinski definition) is 5. The Morgan fingerprint density at radius 3 is 2.67 bits per heavy atom. The van der Waals surface area contributed by atoms with E-state index < -0.39 is 5.91 Å². The van der Waals surface area contributed by atoms with Crippen LogP contribution >= 0.6 is 0 Å². The third-order valence-corrected chi connectivity index (χ3v) is 4.62. The molecule has 0 fully saturated rings. The molecule has 0 atom stereocenters. The van der Waals surface area contributed by atoms with Gasteiger partial charge in [-0.25, -0.2) is 9.07 Å². The Labute approximate surface area is 172 Å². The van der Waals surface area contributed by atoms with Crippen LogP contribution in [-0.4, -0.2) is 32.4 Å². The molecule has 7 nitrogen and oxygen atoms in total. The topological polar surface area (TPSA) is 85.8 Å². The molecule has 152 valence electrons. The Morgan fingerprint density at radius 2 is 1.90 bits per heavy atom. The largest absolute Gasteiger partial charge is 0.348 e. The summed E-state index contributed by atoms with van der Waals surface area (Å²) < 4.78 is 19.9. The number of aryl methyl sites for hydroxylation is 2. The Kier molecular flexibility index (Phi) is 5.65. The summed E-state index contributed by atoms with van der Waals surface area (Å²) in [5.74, 6) is -0.556. The van der Waals surface area contributed by atoms with Gasteiger partial charge in [0.15, 0.2) is 0 Å². The number of carbonyl (C=O) groups excluding carboxylic acids is 1. The minimum Gasteiger partial charge on any atom is -0.348 e. The highest BCUT2D eigenvalue weighted by Gasteiger charge is 2.19. The van der Waals surface area contributed by atoms with Crippen LogP contribution in [-0.2, 0) is 6.42 Å². The predicted octanol–water partition coefficient (Wildman–Crippen LogP) is 3.73. The molecule has 0 saturated heterocycles. The summed E-state index contributed by atoms with van der Waals surface area (Å²) in [5.41, 5.74) is 3.22. The van der Waals surface area contributed by atoms with Gasteiger partial charge in [0, 0.05) is 12.7 Å². The number of benzene rings is 2. The summed E-state index contributed by atoms with van der Waals surface area (Å²) in [6.45, 7) is 2.31. The Morgan fingerprint density at radius 1 is 1.13 bits per heavy atom. The maximum absolute atomic E-state index is 13.1. The quantitative estimate of drug-likeness (QED) is 0.474. The summed E-state index contributed by atoms with van der Waals surface area (Å²) >= 11 is 0. The summed E-state index contributed by atoms with van der Waals surface area (Å²) in [4.78, 5) is 16.5. The average Bonchev–Trinajstić information content (AvgIpc) is 3.39. The third-order valence-electron chi connectivity index (χ3n) is 4.62. The lowest BCUT2D eigenvalue weighted by molar-refractivity contribution is 0.0909. The number of nitrogens with one attached hydrogen (secondary N) is 1. The highest BCUT2D eigenvalue weighted by molar-refractivity contribution is 5.89. The van der Waals surface area contributed by atoms with Crippen LogP contribution < -0.4 is 5.32 Å². The minimum absolute atomic E-state index is 0.0985. The van der Waals surface area contributed by atoms with Crippen molar-refractivity contribution in [3.63, 3.8) is 0 Å². The second-order valence-electron chi connectivity index (χ2n) is 6.82. The van der Waals surface area contributed by atoms with Crippen LogP contribution in [0, 0.1) is 12.7 Å². The normalized spacial score (nSPS) is 10.9. The number of carbonyl (C=O) groups is 1. The second kappa shape index (κ2) is 8.69. The monoisotopic (exact) mass is 405 g/mol. The van der Waals surface area contributed by atoms with E-state index in [1.54, 1.807) is 29.9 Å². The molecule has 0 spiro atoms. The zero-order valence-corrected chi connectivity index (χ0v) is 16.4. The van der Waals surface area contributed by atoms with Gasteiger partial charge in [0.2, 0.25) is 5.82 Å². The molecule has 4 rings (SSSR count). The summed E-state index contributed by atoms with van der Waals surface area (Å²) in [6, 6.07) is 16.0. The highest BCUT2D eigenvalue weighted by Crippen LogP contribution is 2.21. The van der Waals surface area contributed by atoms with Gasteiger partial charge in [-0.05, 0) is 49.6 Å². The van der Waals surface area contributed by atoms with Crippen molar-refractivity contribution in [1.29, 1.82) is 0 Å². The van der Waals surface area contributed by atoms with E-state index in [1.165, 1.54) is 17.7 Å². The number of halogens is 1. The van der Waals surface area contributed by atoms with Gasteiger partial charge in [-0.3, -0.25) is 4.79 Å². The van der Waals surface area contributed by atoms with Gasteiger partial charge >= 0.3 is 11.8 Å². The van der Waals surface area contributed by atoms with Gasteiger partial charge in [0.25, 0.3) is 0 Å². The van der Waals surface area contributed by atoms with Crippen molar-refractivity contribution in [1.82, 2.24) is 25.2 Å². The lowest BCUT2D eigenvalue weighted by Crippen LogP contribution is -2.25. The Hall–Kier alpha value is -3.81. The Balaban J connectivity index is 1.38. The molecule has 0 saturated carbocycles. The van der Waals surface area contributed by atoms with Crippen molar-refractivity contribution >= 4 is 5.91 Å². The van der Waals surface area contributed by atoms with Gasteiger partial charge in [-0.15, -0.1) is 0 Å². The van der Waals surface area contributed by atoms with E-state index in [-0.39, 0.29) is 17.5 Å². The van der Waals surface area contributed by atoms with E-state index in [4.69, 9.17) is 4.52 Å². The van der Waals surface area contributed by atoms with Gasteiger partial charge in [-0.1, -0.05) is 35.5 Å². The van der Waals surface area contributed by atoms with Gasteiger partial charge < -0.3 is 9.84 Å². The molecule has 0 unspecified atom stereocenters. The zero-order chi connectivity index (χ0) is 20.9. The predicted molar refractivity (Wildman–Crippen MR) is 109 cm³/mol. The molecule has 8 heteroatoms. The van der Waals surface area contributed by atoms with Crippen LogP contribution in [0.15, 0.2) is 65.3 Å². The maximum atomic E-state index is 13.1. The Bertz CT molecular complexity index is 1140. The van der Waals surface area contributed by atoms with Crippen LogP contribution in [0.1, 0.15) is 28.4 Å². The minimum atomic E-state index is -0.412. The molecule has 0 aliphatic carbocycles. The van der Waals surface area contributed by atoms with E-state index in [0.29, 0.717) is 23.5 Å². The van der Waals surface area contributed by atoms with Crippen LogP contribution in [0.25, 0.3) is 17.1 Å². The van der Waals surface area contributed by atoms with Crippen molar-refractivity contribution < 1.29 is 13.7 Å².